The van der Waals surface area contributed by atoms with Crippen molar-refractivity contribution in [2.75, 3.05) is 13.2 Å². The van der Waals surface area contributed by atoms with Crippen LogP contribution in [0.4, 0.5) is 0 Å². The summed E-state index contributed by atoms with van der Waals surface area (Å²) in [5, 5.41) is 0. The second-order valence-electron chi connectivity index (χ2n) is 18.7. The first-order chi connectivity index (χ1) is 31.7. The molecule has 3 saturated carbocycles. The van der Waals surface area contributed by atoms with E-state index in [-0.39, 0.29) is 30.5 Å². The van der Waals surface area contributed by atoms with Crippen LogP contribution in [0.5, 0.6) is 0 Å². The Balaban J connectivity index is 0. The van der Waals surface area contributed by atoms with E-state index >= 15 is 0 Å². The second kappa shape index (κ2) is 40.9. The summed E-state index contributed by atoms with van der Waals surface area (Å²) in [5.41, 5.74) is 0. The summed E-state index contributed by atoms with van der Waals surface area (Å²) >= 11 is 0. The van der Waals surface area contributed by atoms with Crippen LogP contribution in [0.25, 0.3) is 0 Å². The van der Waals surface area contributed by atoms with Crippen LogP contribution in [0.3, 0.4) is 0 Å². The minimum atomic E-state index is -0.757. The Labute approximate surface area is 403 Å². The molecule has 0 N–H and O–H groups in total. The molecule has 386 valence electrons. The molecule has 3 rings (SSSR count). The third-order valence-corrected chi connectivity index (χ3v) is 11.9. The number of hydrogen-bond acceptors (Lipinski definition) is 14. The quantitative estimate of drug-likeness (QED) is 0.0404. The molecule has 14 heteroatoms. The molecule has 0 aliphatic heterocycles. The smallest absolute Gasteiger partial charge is 0.374 e. The first-order valence-electron chi connectivity index (χ1n) is 25.5. The molecule has 0 spiro atoms. The maximum atomic E-state index is 11.3. The summed E-state index contributed by atoms with van der Waals surface area (Å²) in [6.45, 7) is 17.4. The standard InChI is InChI=1S/C17H32O3.C12H20O3.C10H16O2.C9H14O3.C5H8O3/c1-3-4-5-6-7-8-9-10-11-12-13-14-15-20-17(19)16(2)18;1-7-5-8(2)11(9(3)6-7)15-12(14)10(4)13;1-8(11)6-7-9-4-2-3-5-10(9)12;1-7(10)9(11)12-8-5-3-2-4-6-8;1-3-8-5(7)4(2)6/h3-15H2,1-2H3;7-9,11H,5-6H2,1-4H3;9H,2-7H2,1H3;8H,2-6H2,1H3;3H2,1-2H3. The van der Waals surface area contributed by atoms with Crippen molar-refractivity contribution in [2.45, 2.75) is 242 Å². The molecule has 3 unspecified atom stereocenters. The molecular formula is C53H90O14. The zero-order valence-electron chi connectivity index (χ0n) is 43.3. The predicted octanol–water partition coefficient (Wildman–Crippen LogP) is 10.7. The van der Waals surface area contributed by atoms with Gasteiger partial charge in [-0.2, -0.15) is 0 Å². The van der Waals surface area contributed by atoms with E-state index in [1.54, 1.807) is 13.8 Å². The van der Waals surface area contributed by atoms with Gasteiger partial charge in [0.1, 0.15) is 23.8 Å². The summed E-state index contributed by atoms with van der Waals surface area (Å²) < 4.78 is 19.3. The largest absolute Gasteiger partial charge is 0.460 e. The van der Waals surface area contributed by atoms with E-state index in [0.29, 0.717) is 36.6 Å². The number of carbonyl (C=O) groups is 10. The number of unbranched alkanes of at least 4 members (excludes halogenated alkanes) is 11. The second-order valence-corrected chi connectivity index (χ2v) is 18.7. The molecule has 0 aromatic heterocycles. The van der Waals surface area contributed by atoms with Crippen LogP contribution in [-0.4, -0.2) is 84.0 Å². The van der Waals surface area contributed by atoms with E-state index in [0.717, 1.165) is 83.5 Å². The van der Waals surface area contributed by atoms with Crippen molar-refractivity contribution in [3.63, 3.8) is 0 Å². The molecule has 0 amide bonds. The topological polar surface area (TPSA) is 208 Å². The lowest BCUT2D eigenvalue weighted by atomic mass is 9.75. The molecule has 0 bridgehead atoms. The first-order valence-corrected chi connectivity index (χ1v) is 25.5. The number of esters is 4. The van der Waals surface area contributed by atoms with Gasteiger partial charge < -0.3 is 23.7 Å². The first kappa shape index (κ1) is 65.0. The zero-order valence-corrected chi connectivity index (χ0v) is 43.3. The maximum Gasteiger partial charge on any atom is 0.374 e. The molecule has 0 saturated heterocycles. The summed E-state index contributed by atoms with van der Waals surface area (Å²) in [6, 6.07) is 0. The minimum Gasteiger partial charge on any atom is -0.460 e. The number of ketones is 6. The van der Waals surface area contributed by atoms with Crippen molar-refractivity contribution in [1.29, 1.82) is 0 Å². The van der Waals surface area contributed by atoms with Gasteiger partial charge in [0.25, 0.3) is 0 Å². The van der Waals surface area contributed by atoms with E-state index in [1.165, 1.54) is 98.3 Å². The average molecular weight is 951 g/mol. The molecule has 0 aromatic carbocycles. The van der Waals surface area contributed by atoms with Crippen LogP contribution in [-0.2, 0) is 66.9 Å². The van der Waals surface area contributed by atoms with E-state index < -0.39 is 47.0 Å². The van der Waals surface area contributed by atoms with Crippen molar-refractivity contribution >= 4 is 58.6 Å². The highest BCUT2D eigenvalue weighted by atomic mass is 16.6. The summed E-state index contributed by atoms with van der Waals surface area (Å²) in [6.07, 6.45) is 28.0. The van der Waals surface area contributed by atoms with Gasteiger partial charge in [0.2, 0.25) is 23.1 Å². The van der Waals surface area contributed by atoms with Crippen molar-refractivity contribution in [2.24, 2.45) is 23.7 Å². The van der Waals surface area contributed by atoms with Crippen LogP contribution in [0.1, 0.15) is 230 Å². The molecule has 0 aromatic rings. The molecular weight excluding hydrogens is 861 g/mol. The fourth-order valence-electron chi connectivity index (χ4n) is 8.23. The molecule has 14 nitrogen and oxygen atoms in total. The van der Waals surface area contributed by atoms with E-state index in [4.69, 9.17) is 14.2 Å². The number of rotatable bonds is 23. The van der Waals surface area contributed by atoms with Gasteiger partial charge in [0.15, 0.2) is 0 Å². The van der Waals surface area contributed by atoms with Crippen molar-refractivity contribution in [3.8, 4) is 0 Å². The Morgan fingerprint density at radius 3 is 1.36 bits per heavy atom. The Bertz CT molecular complexity index is 1470. The summed E-state index contributed by atoms with van der Waals surface area (Å²) in [5.74, 6) is -2.72. The van der Waals surface area contributed by atoms with Gasteiger partial charge in [0.05, 0.1) is 13.2 Å². The minimum absolute atomic E-state index is 0.00449. The average Bonchev–Trinajstić information content (AvgIpc) is 3.27. The van der Waals surface area contributed by atoms with Crippen LogP contribution >= 0.6 is 0 Å². The fraction of sp³-hybridized carbons (Fsp3) is 0.811. The van der Waals surface area contributed by atoms with Crippen LogP contribution in [0.15, 0.2) is 0 Å². The lowest BCUT2D eigenvalue weighted by Gasteiger charge is -2.36. The van der Waals surface area contributed by atoms with Crippen LogP contribution in [0, 0.1) is 23.7 Å². The highest BCUT2D eigenvalue weighted by molar-refractivity contribution is 6.33. The predicted molar refractivity (Wildman–Crippen MR) is 258 cm³/mol. The monoisotopic (exact) mass is 951 g/mol. The van der Waals surface area contributed by atoms with Gasteiger partial charge in [-0.25, -0.2) is 19.2 Å². The van der Waals surface area contributed by atoms with Gasteiger partial charge in [0, 0.05) is 46.5 Å². The molecule has 3 aliphatic carbocycles. The number of carbonyl (C=O) groups excluding carboxylic acids is 10. The highest BCUT2D eigenvalue weighted by Crippen LogP contribution is 2.35. The molecule has 3 fully saturated rings. The van der Waals surface area contributed by atoms with Crippen molar-refractivity contribution in [1.82, 2.24) is 0 Å². The van der Waals surface area contributed by atoms with Gasteiger partial charge in [-0.3, -0.25) is 24.0 Å². The molecule has 0 heterocycles. The summed E-state index contributed by atoms with van der Waals surface area (Å²) in [4.78, 5) is 107. The van der Waals surface area contributed by atoms with Crippen molar-refractivity contribution in [3.05, 3.63) is 0 Å². The van der Waals surface area contributed by atoms with Gasteiger partial charge in [-0.1, -0.05) is 111 Å². The highest BCUT2D eigenvalue weighted by Gasteiger charge is 2.34. The normalized spacial score (nSPS) is 19.9. The SMILES string of the molecule is CC(=O)C(=O)OC1C(C)CC(C)CC1C.CC(=O)C(=O)OC1CCCCC1.CC(=O)CCC1CCCCC1=O.CCCCCCCCCCCCCCOC(=O)C(C)=O.CCOC(=O)C(C)=O. The molecule has 3 aliphatic rings. The molecule has 3 atom stereocenters. The van der Waals surface area contributed by atoms with Gasteiger partial charge >= 0.3 is 23.9 Å². The molecule has 67 heavy (non-hydrogen) atoms. The lowest BCUT2D eigenvalue weighted by molar-refractivity contribution is -0.163. The third kappa shape index (κ3) is 36.6. The van der Waals surface area contributed by atoms with Gasteiger partial charge in [-0.15, -0.1) is 0 Å². The Morgan fingerprint density at radius 2 is 0.940 bits per heavy atom. The number of Topliss-reactive ketones (excluding diaryl/α,β-unsaturated/α-hetero) is 6. The Kier molecular flexibility index (Phi) is 39.7. The Hall–Kier alpha value is -4.10. The number of ether oxygens (including phenoxy) is 4. The maximum absolute atomic E-state index is 11.3. The van der Waals surface area contributed by atoms with Crippen molar-refractivity contribution < 1.29 is 66.9 Å². The fourth-order valence-corrected chi connectivity index (χ4v) is 8.23. The zero-order chi connectivity index (χ0) is 51.2. The van der Waals surface area contributed by atoms with E-state index in [2.05, 4.69) is 32.4 Å². The molecule has 0 radical (unpaired) electrons. The van der Waals surface area contributed by atoms with E-state index in [9.17, 15) is 47.9 Å². The van der Waals surface area contributed by atoms with Crippen LogP contribution in [0.2, 0.25) is 0 Å². The van der Waals surface area contributed by atoms with E-state index in [1.807, 2.05) is 0 Å². The van der Waals surface area contributed by atoms with Crippen LogP contribution < -0.4 is 0 Å². The Morgan fingerprint density at radius 1 is 0.507 bits per heavy atom. The number of hydrogen-bond donors (Lipinski definition) is 0. The lowest BCUT2D eigenvalue weighted by Crippen LogP contribution is -2.38. The van der Waals surface area contributed by atoms with Gasteiger partial charge in [-0.05, 0) is 95.8 Å². The third-order valence-electron chi connectivity index (χ3n) is 11.9. The summed E-state index contributed by atoms with van der Waals surface area (Å²) in [7, 11) is 0.